The predicted octanol–water partition coefficient (Wildman–Crippen LogP) is 3.75. The highest BCUT2D eigenvalue weighted by Gasteiger charge is 2.25. The molecule has 0 bridgehead atoms. The summed E-state index contributed by atoms with van der Waals surface area (Å²) in [6.07, 6.45) is 1.21. The van der Waals surface area contributed by atoms with Crippen molar-refractivity contribution in [2.24, 2.45) is 0 Å². The largest absolute Gasteiger partial charge is 0.296 e. The molecular formula is C16H25N. The summed E-state index contributed by atoms with van der Waals surface area (Å²) in [5, 5.41) is 0. The molecule has 1 aromatic rings. The van der Waals surface area contributed by atoms with Crippen LogP contribution in [0.3, 0.4) is 0 Å². The molecular weight excluding hydrogens is 206 g/mol. The Hall–Kier alpha value is -0.820. The zero-order valence-electron chi connectivity index (χ0n) is 11.9. The summed E-state index contributed by atoms with van der Waals surface area (Å²) < 4.78 is 0. The maximum atomic E-state index is 2.58. The van der Waals surface area contributed by atoms with Gasteiger partial charge in [-0.25, -0.2) is 0 Å². The lowest BCUT2D eigenvalue weighted by Gasteiger charge is -2.35. The first-order valence-corrected chi connectivity index (χ1v) is 6.75. The summed E-state index contributed by atoms with van der Waals surface area (Å²) in [6.45, 7) is 13.9. The Bertz CT molecular complexity index is 398. The van der Waals surface area contributed by atoms with Crippen LogP contribution in [0.25, 0.3) is 0 Å². The summed E-state index contributed by atoms with van der Waals surface area (Å²) in [4.78, 5) is 2.58. The molecule has 0 fully saturated rings. The van der Waals surface area contributed by atoms with Crippen molar-refractivity contribution < 1.29 is 0 Å². The lowest BCUT2D eigenvalue weighted by molar-refractivity contribution is 0.201. The third-order valence-corrected chi connectivity index (χ3v) is 3.84. The average molecular weight is 231 g/mol. The molecule has 0 aromatic heterocycles. The third-order valence-electron chi connectivity index (χ3n) is 3.84. The second kappa shape index (κ2) is 4.45. The SMILES string of the molecule is CC(C)N1CCc2cccc(C(C)(C)C)c2C1. The van der Waals surface area contributed by atoms with Gasteiger partial charge in [0.1, 0.15) is 0 Å². The van der Waals surface area contributed by atoms with Crippen molar-refractivity contribution >= 4 is 0 Å². The lowest BCUT2D eigenvalue weighted by Crippen LogP contribution is -2.37. The van der Waals surface area contributed by atoms with Crippen molar-refractivity contribution in [2.75, 3.05) is 6.54 Å². The summed E-state index contributed by atoms with van der Waals surface area (Å²) in [6, 6.07) is 7.49. The normalized spacial score (nSPS) is 17.3. The van der Waals surface area contributed by atoms with Crippen LogP contribution in [0.2, 0.25) is 0 Å². The smallest absolute Gasteiger partial charge is 0.0242 e. The van der Waals surface area contributed by atoms with Crippen LogP contribution in [-0.2, 0) is 18.4 Å². The molecule has 1 heterocycles. The first kappa shape index (κ1) is 12.6. The fourth-order valence-corrected chi connectivity index (χ4v) is 2.75. The van der Waals surface area contributed by atoms with Gasteiger partial charge in [0, 0.05) is 19.1 Å². The highest BCUT2D eigenvalue weighted by Crippen LogP contribution is 2.31. The molecule has 2 rings (SSSR count). The van der Waals surface area contributed by atoms with Gasteiger partial charge >= 0.3 is 0 Å². The molecule has 1 nitrogen and oxygen atoms in total. The van der Waals surface area contributed by atoms with E-state index in [4.69, 9.17) is 0 Å². The van der Waals surface area contributed by atoms with Crippen LogP contribution in [0.4, 0.5) is 0 Å². The second-order valence-electron chi connectivity index (χ2n) is 6.51. The number of rotatable bonds is 1. The van der Waals surface area contributed by atoms with E-state index in [2.05, 4.69) is 57.7 Å². The third kappa shape index (κ3) is 2.55. The van der Waals surface area contributed by atoms with Gasteiger partial charge in [0.2, 0.25) is 0 Å². The molecule has 0 amide bonds. The Morgan fingerprint density at radius 3 is 2.47 bits per heavy atom. The molecule has 0 spiro atoms. The standard InChI is InChI=1S/C16H25N/c1-12(2)17-10-9-13-7-6-8-15(14(13)11-17)16(3,4)5/h6-8,12H,9-11H2,1-5H3. The number of hydrogen-bond donors (Lipinski definition) is 0. The topological polar surface area (TPSA) is 3.24 Å². The van der Waals surface area contributed by atoms with Gasteiger partial charge < -0.3 is 0 Å². The Kier molecular flexibility index (Phi) is 3.31. The van der Waals surface area contributed by atoms with Crippen molar-refractivity contribution in [2.45, 2.75) is 59.0 Å². The lowest BCUT2D eigenvalue weighted by atomic mass is 9.80. The van der Waals surface area contributed by atoms with E-state index in [0.29, 0.717) is 6.04 Å². The molecule has 0 radical (unpaired) electrons. The molecule has 17 heavy (non-hydrogen) atoms. The average Bonchev–Trinajstić information content (AvgIpc) is 2.26. The van der Waals surface area contributed by atoms with E-state index < -0.39 is 0 Å². The van der Waals surface area contributed by atoms with Crippen LogP contribution in [-0.4, -0.2) is 17.5 Å². The van der Waals surface area contributed by atoms with Gasteiger partial charge in [-0.3, -0.25) is 4.90 Å². The van der Waals surface area contributed by atoms with Crippen LogP contribution in [0.15, 0.2) is 18.2 Å². The first-order chi connectivity index (χ1) is 7.89. The molecule has 1 aliphatic rings. The van der Waals surface area contributed by atoms with E-state index in [-0.39, 0.29) is 5.41 Å². The Labute approximate surface area is 106 Å². The quantitative estimate of drug-likeness (QED) is 0.711. The Morgan fingerprint density at radius 2 is 1.88 bits per heavy atom. The van der Waals surface area contributed by atoms with Crippen molar-refractivity contribution in [3.63, 3.8) is 0 Å². The minimum atomic E-state index is 0.255. The summed E-state index contributed by atoms with van der Waals surface area (Å²) >= 11 is 0. The monoisotopic (exact) mass is 231 g/mol. The van der Waals surface area contributed by atoms with Crippen molar-refractivity contribution in [3.8, 4) is 0 Å². The van der Waals surface area contributed by atoms with E-state index in [1.807, 2.05) is 0 Å². The van der Waals surface area contributed by atoms with E-state index in [9.17, 15) is 0 Å². The summed E-state index contributed by atoms with van der Waals surface area (Å²) in [5.74, 6) is 0. The summed E-state index contributed by atoms with van der Waals surface area (Å²) in [5.41, 5.74) is 4.93. The molecule has 0 saturated heterocycles. The fraction of sp³-hybridized carbons (Fsp3) is 0.625. The molecule has 0 saturated carbocycles. The second-order valence-corrected chi connectivity index (χ2v) is 6.51. The summed E-state index contributed by atoms with van der Waals surface area (Å²) in [7, 11) is 0. The Balaban J connectivity index is 2.40. The van der Waals surface area contributed by atoms with E-state index in [0.717, 1.165) is 6.54 Å². The predicted molar refractivity (Wildman–Crippen MR) is 74.4 cm³/mol. The molecule has 0 unspecified atom stereocenters. The molecule has 1 aromatic carbocycles. The molecule has 94 valence electrons. The number of fused-ring (bicyclic) bond motifs is 1. The molecule has 1 aliphatic heterocycles. The zero-order chi connectivity index (χ0) is 12.6. The van der Waals surface area contributed by atoms with E-state index in [1.54, 1.807) is 11.1 Å². The van der Waals surface area contributed by atoms with Crippen LogP contribution < -0.4 is 0 Å². The molecule has 0 aliphatic carbocycles. The van der Waals surface area contributed by atoms with Crippen LogP contribution >= 0.6 is 0 Å². The minimum Gasteiger partial charge on any atom is -0.296 e. The minimum absolute atomic E-state index is 0.255. The molecule has 1 heteroatoms. The highest BCUT2D eigenvalue weighted by molar-refractivity contribution is 5.40. The van der Waals surface area contributed by atoms with E-state index >= 15 is 0 Å². The highest BCUT2D eigenvalue weighted by atomic mass is 15.1. The molecule has 0 atom stereocenters. The van der Waals surface area contributed by atoms with Gasteiger partial charge in [-0.2, -0.15) is 0 Å². The van der Waals surface area contributed by atoms with Crippen LogP contribution in [0.1, 0.15) is 51.3 Å². The van der Waals surface area contributed by atoms with Gasteiger partial charge in [-0.1, -0.05) is 39.0 Å². The van der Waals surface area contributed by atoms with Gasteiger partial charge in [0.15, 0.2) is 0 Å². The maximum Gasteiger partial charge on any atom is 0.0242 e. The Morgan fingerprint density at radius 1 is 1.18 bits per heavy atom. The fourth-order valence-electron chi connectivity index (χ4n) is 2.75. The van der Waals surface area contributed by atoms with Crippen molar-refractivity contribution in [1.29, 1.82) is 0 Å². The first-order valence-electron chi connectivity index (χ1n) is 6.75. The van der Waals surface area contributed by atoms with Gasteiger partial charge in [0.25, 0.3) is 0 Å². The number of nitrogens with zero attached hydrogens (tertiary/aromatic N) is 1. The van der Waals surface area contributed by atoms with Gasteiger partial charge in [-0.05, 0) is 42.4 Å². The maximum absolute atomic E-state index is 2.58. The van der Waals surface area contributed by atoms with E-state index in [1.165, 1.54) is 18.5 Å². The molecule has 0 N–H and O–H groups in total. The number of benzene rings is 1. The van der Waals surface area contributed by atoms with Crippen molar-refractivity contribution in [3.05, 3.63) is 34.9 Å². The van der Waals surface area contributed by atoms with Gasteiger partial charge in [0.05, 0.1) is 0 Å². The number of hydrogen-bond acceptors (Lipinski definition) is 1. The van der Waals surface area contributed by atoms with Crippen molar-refractivity contribution in [1.82, 2.24) is 4.90 Å². The van der Waals surface area contributed by atoms with Crippen LogP contribution in [0.5, 0.6) is 0 Å². The van der Waals surface area contributed by atoms with Gasteiger partial charge in [-0.15, -0.1) is 0 Å². The van der Waals surface area contributed by atoms with Crippen LogP contribution in [0, 0.1) is 0 Å². The zero-order valence-corrected chi connectivity index (χ0v) is 11.9.